The molecule has 21 heavy (non-hydrogen) atoms. The van der Waals surface area contributed by atoms with Gasteiger partial charge in [-0.1, -0.05) is 0 Å². The number of piperidine rings is 1. The van der Waals surface area contributed by atoms with Crippen molar-refractivity contribution in [3.63, 3.8) is 0 Å². The summed E-state index contributed by atoms with van der Waals surface area (Å²) in [5, 5.41) is 2.93. The van der Waals surface area contributed by atoms with Crippen molar-refractivity contribution < 1.29 is 9.21 Å². The Labute approximate surface area is 123 Å². The van der Waals surface area contributed by atoms with Crippen LogP contribution in [0.1, 0.15) is 18.6 Å². The predicted octanol–water partition coefficient (Wildman–Crippen LogP) is 1.60. The molecule has 1 fully saturated rings. The summed E-state index contributed by atoms with van der Waals surface area (Å²) in [4.78, 5) is 22.8. The normalized spacial score (nSPS) is 18.5. The van der Waals surface area contributed by atoms with Crippen LogP contribution in [0.2, 0.25) is 0 Å². The summed E-state index contributed by atoms with van der Waals surface area (Å²) in [5.41, 5.74) is 0. The van der Waals surface area contributed by atoms with Gasteiger partial charge in [0.2, 0.25) is 11.9 Å². The minimum atomic E-state index is -0.0301. The standard InChI is InChI=1S/C15H18N4O2/c20-14(18-10-13-5-2-9-21-13)12-4-1-8-19(11-12)15-16-6-3-7-17-15/h2-3,5-7,9,12H,1,4,8,10-11H2,(H,18,20). The fourth-order valence-electron chi connectivity index (χ4n) is 2.56. The molecule has 0 aliphatic carbocycles. The van der Waals surface area contributed by atoms with E-state index in [2.05, 4.69) is 20.2 Å². The highest BCUT2D eigenvalue weighted by molar-refractivity contribution is 5.79. The minimum absolute atomic E-state index is 0.0301. The van der Waals surface area contributed by atoms with Gasteiger partial charge in [-0.2, -0.15) is 0 Å². The van der Waals surface area contributed by atoms with Crippen molar-refractivity contribution in [1.82, 2.24) is 15.3 Å². The summed E-state index contributed by atoms with van der Waals surface area (Å²) in [7, 11) is 0. The molecule has 0 aromatic carbocycles. The van der Waals surface area contributed by atoms with Gasteiger partial charge in [0.05, 0.1) is 18.7 Å². The van der Waals surface area contributed by atoms with E-state index in [0.29, 0.717) is 19.0 Å². The van der Waals surface area contributed by atoms with E-state index in [9.17, 15) is 4.79 Å². The van der Waals surface area contributed by atoms with Crippen LogP contribution >= 0.6 is 0 Å². The van der Waals surface area contributed by atoms with E-state index in [0.717, 1.165) is 25.1 Å². The number of carbonyl (C=O) groups excluding carboxylic acids is 1. The molecule has 2 aromatic rings. The van der Waals surface area contributed by atoms with Gasteiger partial charge >= 0.3 is 0 Å². The Hall–Kier alpha value is -2.37. The molecule has 3 heterocycles. The Morgan fingerprint density at radius 3 is 3.00 bits per heavy atom. The summed E-state index contributed by atoms with van der Waals surface area (Å²) in [6.07, 6.45) is 6.92. The number of hydrogen-bond donors (Lipinski definition) is 1. The molecule has 0 bridgehead atoms. The van der Waals surface area contributed by atoms with E-state index in [1.165, 1.54) is 0 Å². The zero-order chi connectivity index (χ0) is 14.5. The van der Waals surface area contributed by atoms with Gasteiger partial charge < -0.3 is 14.6 Å². The smallest absolute Gasteiger partial charge is 0.225 e. The third-order valence-electron chi connectivity index (χ3n) is 3.64. The number of furan rings is 1. The Morgan fingerprint density at radius 2 is 2.24 bits per heavy atom. The van der Waals surface area contributed by atoms with E-state index >= 15 is 0 Å². The molecule has 110 valence electrons. The molecule has 3 rings (SSSR count). The van der Waals surface area contributed by atoms with Crippen LogP contribution in [-0.2, 0) is 11.3 Å². The summed E-state index contributed by atoms with van der Waals surface area (Å²) in [6.45, 7) is 1.99. The van der Waals surface area contributed by atoms with Crippen molar-refractivity contribution in [3.8, 4) is 0 Å². The van der Waals surface area contributed by atoms with E-state index in [-0.39, 0.29) is 11.8 Å². The number of aromatic nitrogens is 2. The summed E-state index contributed by atoms with van der Waals surface area (Å²) >= 11 is 0. The van der Waals surface area contributed by atoms with E-state index in [1.54, 1.807) is 24.7 Å². The molecular formula is C15H18N4O2. The minimum Gasteiger partial charge on any atom is -0.467 e. The average molecular weight is 286 g/mol. The molecule has 6 heteroatoms. The van der Waals surface area contributed by atoms with Gasteiger partial charge in [0, 0.05) is 25.5 Å². The molecule has 0 radical (unpaired) electrons. The van der Waals surface area contributed by atoms with Gasteiger partial charge in [0.15, 0.2) is 0 Å². The van der Waals surface area contributed by atoms with Gasteiger partial charge in [0.25, 0.3) is 0 Å². The van der Waals surface area contributed by atoms with Crippen molar-refractivity contribution in [2.45, 2.75) is 19.4 Å². The van der Waals surface area contributed by atoms with Crippen LogP contribution in [0.15, 0.2) is 41.3 Å². The number of hydrogen-bond acceptors (Lipinski definition) is 5. The Kier molecular flexibility index (Phi) is 4.14. The average Bonchev–Trinajstić information content (AvgIpc) is 3.07. The summed E-state index contributed by atoms with van der Waals surface area (Å²) < 4.78 is 5.22. The SMILES string of the molecule is O=C(NCc1ccco1)C1CCCN(c2ncccn2)C1. The quantitative estimate of drug-likeness (QED) is 0.924. The highest BCUT2D eigenvalue weighted by Gasteiger charge is 2.26. The molecular weight excluding hydrogens is 268 g/mol. The number of nitrogens with one attached hydrogen (secondary N) is 1. The Morgan fingerprint density at radius 1 is 1.38 bits per heavy atom. The van der Waals surface area contributed by atoms with Crippen LogP contribution in [0.4, 0.5) is 5.95 Å². The lowest BCUT2D eigenvalue weighted by atomic mass is 9.97. The van der Waals surface area contributed by atoms with Gasteiger partial charge in [-0.3, -0.25) is 4.79 Å². The molecule has 1 saturated heterocycles. The van der Waals surface area contributed by atoms with Gasteiger partial charge in [-0.25, -0.2) is 9.97 Å². The largest absolute Gasteiger partial charge is 0.467 e. The third-order valence-corrected chi connectivity index (χ3v) is 3.64. The van der Waals surface area contributed by atoms with Crippen LogP contribution < -0.4 is 10.2 Å². The molecule has 0 saturated carbocycles. The maximum absolute atomic E-state index is 12.2. The topological polar surface area (TPSA) is 71.3 Å². The first-order valence-electron chi connectivity index (χ1n) is 7.15. The lowest BCUT2D eigenvalue weighted by molar-refractivity contribution is -0.125. The zero-order valence-electron chi connectivity index (χ0n) is 11.7. The van der Waals surface area contributed by atoms with Crippen LogP contribution in [0.3, 0.4) is 0 Å². The van der Waals surface area contributed by atoms with Crippen LogP contribution in [0, 0.1) is 5.92 Å². The zero-order valence-corrected chi connectivity index (χ0v) is 11.7. The van der Waals surface area contributed by atoms with Crippen molar-refractivity contribution in [2.24, 2.45) is 5.92 Å². The first-order chi connectivity index (χ1) is 10.3. The molecule has 6 nitrogen and oxygen atoms in total. The van der Waals surface area contributed by atoms with Crippen molar-refractivity contribution in [2.75, 3.05) is 18.0 Å². The second-order valence-corrected chi connectivity index (χ2v) is 5.13. The maximum atomic E-state index is 12.2. The molecule has 2 aromatic heterocycles. The van der Waals surface area contributed by atoms with E-state index in [1.807, 2.05) is 12.1 Å². The number of anilines is 1. The Balaban J connectivity index is 1.56. The fraction of sp³-hybridized carbons (Fsp3) is 0.400. The lowest BCUT2D eigenvalue weighted by Gasteiger charge is -2.31. The van der Waals surface area contributed by atoms with Crippen LogP contribution in [0.25, 0.3) is 0 Å². The first-order valence-corrected chi connectivity index (χ1v) is 7.15. The molecule has 1 atom stereocenters. The molecule has 1 aliphatic heterocycles. The van der Waals surface area contributed by atoms with Crippen molar-refractivity contribution in [3.05, 3.63) is 42.6 Å². The predicted molar refractivity (Wildman–Crippen MR) is 77.5 cm³/mol. The van der Waals surface area contributed by atoms with Crippen molar-refractivity contribution >= 4 is 11.9 Å². The highest BCUT2D eigenvalue weighted by atomic mass is 16.3. The van der Waals surface area contributed by atoms with Gasteiger partial charge in [0.1, 0.15) is 5.76 Å². The molecule has 1 unspecified atom stereocenters. The molecule has 0 spiro atoms. The van der Waals surface area contributed by atoms with Crippen LogP contribution in [-0.4, -0.2) is 29.0 Å². The summed E-state index contributed by atoms with van der Waals surface area (Å²) in [5.74, 6) is 1.49. The number of amides is 1. The number of nitrogens with zero attached hydrogens (tertiary/aromatic N) is 3. The molecule has 1 N–H and O–H groups in total. The third kappa shape index (κ3) is 3.39. The molecule has 1 aliphatic rings. The summed E-state index contributed by atoms with van der Waals surface area (Å²) in [6, 6.07) is 5.46. The van der Waals surface area contributed by atoms with E-state index in [4.69, 9.17) is 4.42 Å². The first kappa shape index (κ1) is 13.6. The fourth-order valence-corrected chi connectivity index (χ4v) is 2.56. The second kappa shape index (κ2) is 6.39. The number of rotatable bonds is 4. The van der Waals surface area contributed by atoms with Gasteiger partial charge in [-0.15, -0.1) is 0 Å². The van der Waals surface area contributed by atoms with E-state index < -0.39 is 0 Å². The second-order valence-electron chi connectivity index (χ2n) is 5.13. The van der Waals surface area contributed by atoms with Crippen LogP contribution in [0.5, 0.6) is 0 Å². The monoisotopic (exact) mass is 286 g/mol. The van der Waals surface area contributed by atoms with Crippen molar-refractivity contribution in [1.29, 1.82) is 0 Å². The Bertz CT molecular complexity index is 571. The molecule has 1 amide bonds. The van der Waals surface area contributed by atoms with Gasteiger partial charge in [-0.05, 0) is 31.0 Å². The lowest BCUT2D eigenvalue weighted by Crippen LogP contribution is -2.43. The number of carbonyl (C=O) groups is 1. The highest BCUT2D eigenvalue weighted by Crippen LogP contribution is 2.20. The maximum Gasteiger partial charge on any atom is 0.225 e.